The summed E-state index contributed by atoms with van der Waals surface area (Å²) in [7, 11) is 0. The predicted octanol–water partition coefficient (Wildman–Crippen LogP) is 2.23. The van der Waals surface area contributed by atoms with Gasteiger partial charge in [0.25, 0.3) is 0 Å². The van der Waals surface area contributed by atoms with Crippen molar-refractivity contribution in [3.05, 3.63) is 29.3 Å². The average Bonchev–Trinajstić information content (AvgIpc) is 2.31. The largest absolute Gasteiger partial charge is 0.466 e. The highest BCUT2D eigenvalue weighted by atomic mass is 16.5. The van der Waals surface area contributed by atoms with E-state index in [2.05, 4.69) is 11.4 Å². The Labute approximate surface area is 101 Å². The molecule has 0 saturated heterocycles. The Bertz CT molecular complexity index is 436. The molecule has 0 aliphatic carbocycles. The Hall–Kier alpha value is -2.02. The summed E-state index contributed by atoms with van der Waals surface area (Å²) in [6.07, 6.45) is 0.298. The van der Waals surface area contributed by atoms with Crippen molar-refractivity contribution in [3.63, 3.8) is 0 Å². The summed E-state index contributed by atoms with van der Waals surface area (Å²) in [6, 6.07) is 7.70. The SMILES string of the molecule is CCOC(=O)CCNc1ccc(C)cc1C#N. The van der Waals surface area contributed by atoms with Crippen molar-refractivity contribution in [2.75, 3.05) is 18.5 Å². The van der Waals surface area contributed by atoms with Gasteiger partial charge in [-0.3, -0.25) is 4.79 Å². The van der Waals surface area contributed by atoms with Crippen molar-refractivity contribution < 1.29 is 9.53 Å². The van der Waals surface area contributed by atoms with Gasteiger partial charge in [0, 0.05) is 6.54 Å². The second-order valence-electron chi connectivity index (χ2n) is 3.64. The molecule has 1 rings (SSSR count). The van der Waals surface area contributed by atoms with Crippen molar-refractivity contribution in [3.8, 4) is 6.07 Å². The number of nitriles is 1. The first-order chi connectivity index (χ1) is 8.17. The van der Waals surface area contributed by atoms with Crippen LogP contribution in [0.5, 0.6) is 0 Å². The molecule has 0 aromatic heterocycles. The molecule has 0 atom stereocenters. The molecule has 0 bridgehead atoms. The van der Waals surface area contributed by atoms with E-state index in [1.165, 1.54) is 0 Å². The van der Waals surface area contributed by atoms with Gasteiger partial charge >= 0.3 is 5.97 Å². The number of esters is 1. The Morgan fingerprint density at radius 1 is 1.53 bits per heavy atom. The van der Waals surface area contributed by atoms with Gasteiger partial charge in [0.1, 0.15) is 6.07 Å². The van der Waals surface area contributed by atoms with E-state index < -0.39 is 0 Å². The summed E-state index contributed by atoms with van der Waals surface area (Å²) in [5, 5.41) is 12.0. The molecular formula is C13H16N2O2. The molecule has 0 aliphatic heterocycles. The summed E-state index contributed by atoms with van der Waals surface area (Å²) in [4.78, 5) is 11.1. The van der Waals surface area contributed by atoms with Gasteiger partial charge in [0.05, 0.1) is 24.3 Å². The molecule has 1 N–H and O–H groups in total. The number of nitrogens with one attached hydrogen (secondary N) is 1. The number of rotatable bonds is 5. The maximum absolute atomic E-state index is 11.1. The molecule has 0 radical (unpaired) electrons. The predicted molar refractivity (Wildman–Crippen MR) is 65.6 cm³/mol. The summed E-state index contributed by atoms with van der Waals surface area (Å²) in [5.74, 6) is -0.231. The molecule has 0 heterocycles. The van der Waals surface area contributed by atoms with Gasteiger partial charge in [0.2, 0.25) is 0 Å². The Morgan fingerprint density at radius 2 is 2.29 bits per heavy atom. The van der Waals surface area contributed by atoms with E-state index in [9.17, 15) is 4.79 Å². The topological polar surface area (TPSA) is 62.1 Å². The highest BCUT2D eigenvalue weighted by molar-refractivity contribution is 5.70. The van der Waals surface area contributed by atoms with Gasteiger partial charge in [0.15, 0.2) is 0 Å². The van der Waals surface area contributed by atoms with Gasteiger partial charge in [-0.05, 0) is 31.5 Å². The molecule has 90 valence electrons. The van der Waals surface area contributed by atoms with Crippen LogP contribution in [-0.4, -0.2) is 19.1 Å². The first kappa shape index (κ1) is 13.0. The van der Waals surface area contributed by atoms with E-state index in [0.717, 1.165) is 11.3 Å². The highest BCUT2D eigenvalue weighted by Gasteiger charge is 2.04. The Morgan fingerprint density at radius 3 is 2.94 bits per heavy atom. The van der Waals surface area contributed by atoms with E-state index in [-0.39, 0.29) is 5.97 Å². The van der Waals surface area contributed by atoms with E-state index in [4.69, 9.17) is 10.00 Å². The molecule has 0 unspecified atom stereocenters. The van der Waals surface area contributed by atoms with Crippen LogP contribution in [0.2, 0.25) is 0 Å². The van der Waals surface area contributed by atoms with Crippen molar-refractivity contribution in [1.29, 1.82) is 5.26 Å². The Kier molecular flexibility index (Phi) is 5.02. The molecule has 1 aromatic rings. The van der Waals surface area contributed by atoms with E-state index in [1.54, 1.807) is 6.92 Å². The summed E-state index contributed by atoms with van der Waals surface area (Å²) in [6.45, 7) is 4.58. The molecule has 0 saturated carbocycles. The van der Waals surface area contributed by atoms with Crippen LogP contribution in [0.4, 0.5) is 5.69 Å². The molecule has 0 fully saturated rings. The normalized spacial score (nSPS) is 9.47. The van der Waals surface area contributed by atoms with Crippen LogP contribution < -0.4 is 5.32 Å². The van der Waals surface area contributed by atoms with Gasteiger partial charge in [-0.1, -0.05) is 6.07 Å². The molecular weight excluding hydrogens is 216 g/mol. The van der Waals surface area contributed by atoms with Crippen LogP contribution >= 0.6 is 0 Å². The third-order valence-corrected chi connectivity index (χ3v) is 2.25. The van der Waals surface area contributed by atoms with Gasteiger partial charge < -0.3 is 10.1 Å². The Balaban J connectivity index is 2.52. The van der Waals surface area contributed by atoms with E-state index in [0.29, 0.717) is 25.1 Å². The minimum absolute atomic E-state index is 0.231. The van der Waals surface area contributed by atoms with Crippen LogP contribution in [-0.2, 0) is 9.53 Å². The monoisotopic (exact) mass is 232 g/mol. The van der Waals surface area contributed by atoms with Crippen molar-refractivity contribution in [2.45, 2.75) is 20.3 Å². The quantitative estimate of drug-likeness (QED) is 0.791. The number of hydrogen-bond donors (Lipinski definition) is 1. The fourth-order valence-corrected chi connectivity index (χ4v) is 1.44. The van der Waals surface area contributed by atoms with Gasteiger partial charge in [-0.15, -0.1) is 0 Å². The highest BCUT2D eigenvalue weighted by Crippen LogP contribution is 2.16. The number of anilines is 1. The molecule has 0 spiro atoms. The summed E-state index contributed by atoms with van der Waals surface area (Å²) in [5.41, 5.74) is 2.38. The molecule has 4 heteroatoms. The second kappa shape index (κ2) is 6.54. The average molecular weight is 232 g/mol. The zero-order valence-electron chi connectivity index (χ0n) is 10.1. The van der Waals surface area contributed by atoms with Gasteiger partial charge in [-0.2, -0.15) is 5.26 Å². The van der Waals surface area contributed by atoms with Crippen LogP contribution in [0, 0.1) is 18.3 Å². The number of carbonyl (C=O) groups is 1. The maximum atomic E-state index is 11.1. The minimum atomic E-state index is -0.231. The standard InChI is InChI=1S/C13H16N2O2/c1-3-17-13(16)6-7-15-12-5-4-10(2)8-11(12)9-14/h4-5,8,15H,3,6-7H2,1-2H3. The summed E-state index contributed by atoms with van der Waals surface area (Å²) >= 11 is 0. The lowest BCUT2D eigenvalue weighted by Crippen LogP contribution is -2.11. The lowest BCUT2D eigenvalue weighted by atomic mass is 10.1. The number of ether oxygens (including phenoxy) is 1. The first-order valence-corrected chi connectivity index (χ1v) is 5.57. The summed E-state index contributed by atoms with van der Waals surface area (Å²) < 4.78 is 4.81. The number of aryl methyl sites for hydroxylation is 1. The minimum Gasteiger partial charge on any atom is -0.466 e. The molecule has 1 aromatic carbocycles. The van der Waals surface area contributed by atoms with Crippen molar-refractivity contribution >= 4 is 11.7 Å². The first-order valence-electron chi connectivity index (χ1n) is 5.57. The maximum Gasteiger partial charge on any atom is 0.307 e. The fraction of sp³-hybridized carbons (Fsp3) is 0.385. The lowest BCUT2D eigenvalue weighted by Gasteiger charge is -2.08. The van der Waals surface area contributed by atoms with Crippen LogP contribution in [0.25, 0.3) is 0 Å². The van der Waals surface area contributed by atoms with Crippen LogP contribution in [0.3, 0.4) is 0 Å². The smallest absolute Gasteiger partial charge is 0.307 e. The van der Waals surface area contributed by atoms with Gasteiger partial charge in [-0.25, -0.2) is 0 Å². The zero-order valence-corrected chi connectivity index (χ0v) is 10.1. The van der Waals surface area contributed by atoms with E-state index in [1.807, 2.05) is 25.1 Å². The third kappa shape index (κ3) is 4.15. The van der Waals surface area contributed by atoms with Crippen LogP contribution in [0.1, 0.15) is 24.5 Å². The number of hydrogen-bond acceptors (Lipinski definition) is 4. The second-order valence-corrected chi connectivity index (χ2v) is 3.64. The van der Waals surface area contributed by atoms with Crippen molar-refractivity contribution in [2.24, 2.45) is 0 Å². The lowest BCUT2D eigenvalue weighted by molar-refractivity contribution is -0.142. The van der Waals surface area contributed by atoms with E-state index >= 15 is 0 Å². The van der Waals surface area contributed by atoms with Crippen LogP contribution in [0.15, 0.2) is 18.2 Å². The zero-order chi connectivity index (χ0) is 12.7. The molecule has 17 heavy (non-hydrogen) atoms. The molecule has 0 aliphatic rings. The number of benzene rings is 1. The molecule has 0 amide bonds. The number of nitrogens with zero attached hydrogens (tertiary/aromatic N) is 1. The fourth-order valence-electron chi connectivity index (χ4n) is 1.44. The number of carbonyl (C=O) groups excluding carboxylic acids is 1. The molecule has 4 nitrogen and oxygen atoms in total. The van der Waals surface area contributed by atoms with Crippen molar-refractivity contribution in [1.82, 2.24) is 0 Å². The third-order valence-electron chi connectivity index (χ3n) is 2.25.